The summed E-state index contributed by atoms with van der Waals surface area (Å²) in [5, 5.41) is 0.152. The summed E-state index contributed by atoms with van der Waals surface area (Å²) in [5.41, 5.74) is 1.18. The second-order valence-corrected chi connectivity index (χ2v) is 3.43. The molecule has 1 aromatic rings. The van der Waals surface area contributed by atoms with E-state index in [1.165, 1.54) is 17.3 Å². The molecular formula is C10H11OSY-. The maximum Gasteiger partial charge on any atom is 0.159 e. The molecule has 0 unspecified atom stereocenters. The van der Waals surface area contributed by atoms with Crippen molar-refractivity contribution in [2.45, 2.75) is 12.2 Å². The topological polar surface area (TPSA) is 17.1 Å². The first-order valence-corrected chi connectivity index (χ1v) is 4.80. The summed E-state index contributed by atoms with van der Waals surface area (Å²) < 4.78 is 0. The Hall–Kier alpha value is 0.344. The molecule has 1 aromatic carbocycles. The van der Waals surface area contributed by atoms with E-state index in [0.717, 1.165) is 5.75 Å². The van der Waals surface area contributed by atoms with Crippen LogP contribution in [0.3, 0.4) is 0 Å². The first-order valence-electron chi connectivity index (χ1n) is 3.81. The second kappa shape index (κ2) is 7.72. The standard InChI is InChI=1S/C10H11OS.Y/c1-2-10(11)12-8-9-6-4-3-5-7-9;/h3-7H,1-2,8H2;/q-1;. The molecule has 0 amide bonds. The monoisotopic (exact) mass is 268 g/mol. The molecule has 0 aliphatic rings. The van der Waals surface area contributed by atoms with Crippen molar-refractivity contribution in [2.24, 2.45) is 0 Å². The maximum atomic E-state index is 10.9. The number of benzene rings is 1. The van der Waals surface area contributed by atoms with Gasteiger partial charge >= 0.3 is 0 Å². The molecule has 1 nitrogen and oxygen atoms in total. The third-order valence-corrected chi connectivity index (χ3v) is 2.45. The molecule has 3 heteroatoms. The molecule has 1 radical (unpaired) electrons. The minimum atomic E-state index is 0. The summed E-state index contributed by atoms with van der Waals surface area (Å²) in [6.45, 7) is 3.53. The van der Waals surface area contributed by atoms with Gasteiger partial charge < -0.3 is 6.92 Å². The van der Waals surface area contributed by atoms with E-state index in [1.54, 1.807) is 0 Å². The van der Waals surface area contributed by atoms with Gasteiger partial charge in [-0.05, 0) is 5.56 Å². The number of hydrogen-bond acceptors (Lipinski definition) is 2. The van der Waals surface area contributed by atoms with E-state index >= 15 is 0 Å². The molecule has 0 aromatic heterocycles. The number of carbonyl (C=O) groups excluding carboxylic acids is 1. The first kappa shape index (κ1) is 13.3. The van der Waals surface area contributed by atoms with Crippen molar-refractivity contribution in [3.8, 4) is 0 Å². The van der Waals surface area contributed by atoms with Gasteiger partial charge in [-0.15, -0.1) is 6.42 Å². The van der Waals surface area contributed by atoms with Gasteiger partial charge in [0.15, 0.2) is 5.12 Å². The Balaban J connectivity index is 0.00000144. The van der Waals surface area contributed by atoms with E-state index in [0.29, 0.717) is 6.42 Å². The van der Waals surface area contributed by atoms with Crippen LogP contribution in [0, 0.1) is 6.92 Å². The average molecular weight is 268 g/mol. The summed E-state index contributed by atoms with van der Waals surface area (Å²) in [4.78, 5) is 10.9. The molecule has 0 saturated carbocycles. The minimum Gasteiger partial charge on any atom is -0.335 e. The van der Waals surface area contributed by atoms with Crippen molar-refractivity contribution in [2.75, 3.05) is 0 Å². The number of hydrogen-bond donors (Lipinski definition) is 0. The Bertz CT molecular complexity index is 248. The quantitative estimate of drug-likeness (QED) is 0.784. The van der Waals surface area contributed by atoms with Crippen molar-refractivity contribution < 1.29 is 37.5 Å². The molecule has 0 heterocycles. The predicted octanol–water partition coefficient (Wildman–Crippen LogP) is 2.67. The van der Waals surface area contributed by atoms with E-state index in [4.69, 9.17) is 0 Å². The molecule has 0 aliphatic heterocycles. The maximum absolute atomic E-state index is 10.9. The van der Waals surface area contributed by atoms with Gasteiger partial charge in [0, 0.05) is 38.5 Å². The molecule has 67 valence electrons. The Morgan fingerprint density at radius 1 is 1.31 bits per heavy atom. The molecule has 0 atom stereocenters. The van der Waals surface area contributed by atoms with Crippen LogP contribution < -0.4 is 0 Å². The Kier molecular flexibility index (Phi) is 7.92. The van der Waals surface area contributed by atoms with Crippen LogP contribution in [0.25, 0.3) is 0 Å². The summed E-state index contributed by atoms with van der Waals surface area (Å²) in [7, 11) is 0. The van der Waals surface area contributed by atoms with Crippen LogP contribution in [0.4, 0.5) is 0 Å². The van der Waals surface area contributed by atoms with Crippen LogP contribution in [-0.4, -0.2) is 5.12 Å². The van der Waals surface area contributed by atoms with Gasteiger partial charge in [-0.1, -0.05) is 42.1 Å². The Morgan fingerprint density at radius 3 is 2.46 bits per heavy atom. The zero-order valence-corrected chi connectivity index (χ0v) is 11.1. The van der Waals surface area contributed by atoms with E-state index in [2.05, 4.69) is 6.92 Å². The molecule has 0 saturated heterocycles. The SMILES string of the molecule is [CH2-]CC(=O)SCc1ccccc1.[Y]. The van der Waals surface area contributed by atoms with E-state index in [-0.39, 0.29) is 37.8 Å². The molecule has 0 bridgehead atoms. The molecule has 0 fully saturated rings. The molecular weight excluding hydrogens is 257 g/mol. The van der Waals surface area contributed by atoms with Crippen molar-refractivity contribution >= 4 is 16.9 Å². The van der Waals surface area contributed by atoms with Crippen molar-refractivity contribution in [3.63, 3.8) is 0 Å². The first-order chi connectivity index (χ1) is 5.83. The fourth-order valence-electron chi connectivity index (χ4n) is 0.810. The third kappa shape index (κ3) is 5.61. The van der Waals surface area contributed by atoms with Crippen LogP contribution in [0.5, 0.6) is 0 Å². The zero-order chi connectivity index (χ0) is 8.81. The zero-order valence-electron chi connectivity index (χ0n) is 7.40. The van der Waals surface area contributed by atoms with Gasteiger partial charge in [0.25, 0.3) is 0 Å². The predicted molar refractivity (Wildman–Crippen MR) is 52.7 cm³/mol. The second-order valence-electron chi connectivity index (χ2n) is 2.40. The van der Waals surface area contributed by atoms with Crippen LogP contribution >= 0.6 is 11.8 Å². The summed E-state index contributed by atoms with van der Waals surface area (Å²) >= 11 is 1.33. The Morgan fingerprint density at radius 2 is 1.92 bits per heavy atom. The van der Waals surface area contributed by atoms with Gasteiger partial charge in [-0.2, -0.15) is 0 Å². The molecule has 1 rings (SSSR count). The van der Waals surface area contributed by atoms with Gasteiger partial charge in [0.05, 0.1) is 0 Å². The summed E-state index contributed by atoms with van der Waals surface area (Å²) in [6.07, 6.45) is 0.373. The minimum absolute atomic E-state index is 0. The normalized spacial score (nSPS) is 9.00. The van der Waals surface area contributed by atoms with Crippen molar-refractivity contribution in [1.82, 2.24) is 0 Å². The molecule has 13 heavy (non-hydrogen) atoms. The fraction of sp³-hybridized carbons (Fsp3) is 0.200. The van der Waals surface area contributed by atoms with Crippen molar-refractivity contribution in [3.05, 3.63) is 42.8 Å². The smallest absolute Gasteiger partial charge is 0.159 e. The van der Waals surface area contributed by atoms with Gasteiger partial charge in [-0.3, -0.25) is 4.79 Å². The summed E-state index contributed by atoms with van der Waals surface area (Å²) in [6, 6.07) is 9.96. The van der Waals surface area contributed by atoms with Crippen LogP contribution in [0.1, 0.15) is 12.0 Å². The van der Waals surface area contributed by atoms with Crippen LogP contribution in [-0.2, 0) is 43.3 Å². The largest absolute Gasteiger partial charge is 0.335 e. The number of rotatable bonds is 3. The van der Waals surface area contributed by atoms with Crippen molar-refractivity contribution in [1.29, 1.82) is 0 Å². The van der Waals surface area contributed by atoms with E-state index in [1.807, 2.05) is 30.3 Å². The third-order valence-electron chi connectivity index (χ3n) is 1.45. The number of thioether (sulfide) groups is 1. The number of carbonyl (C=O) groups is 1. The van der Waals surface area contributed by atoms with E-state index < -0.39 is 0 Å². The molecule has 0 N–H and O–H groups in total. The van der Waals surface area contributed by atoms with Gasteiger partial charge in [-0.25, -0.2) is 0 Å². The Labute approximate surface area is 109 Å². The average Bonchev–Trinajstić information content (AvgIpc) is 2.16. The van der Waals surface area contributed by atoms with Crippen LogP contribution in [0.15, 0.2) is 30.3 Å². The van der Waals surface area contributed by atoms with Gasteiger partial charge in [0.2, 0.25) is 0 Å². The molecule has 0 spiro atoms. The van der Waals surface area contributed by atoms with E-state index in [9.17, 15) is 4.79 Å². The fourth-order valence-corrected chi connectivity index (χ4v) is 1.47. The summed E-state index contributed by atoms with van der Waals surface area (Å²) in [5.74, 6) is 0.759. The van der Waals surface area contributed by atoms with Gasteiger partial charge in [0.1, 0.15) is 0 Å². The molecule has 0 aliphatic carbocycles. The van der Waals surface area contributed by atoms with Crippen LogP contribution in [0.2, 0.25) is 0 Å².